The lowest BCUT2D eigenvalue weighted by Gasteiger charge is -2.27. The van der Waals surface area contributed by atoms with Gasteiger partial charge in [0.25, 0.3) is 0 Å². The number of hydrogen-bond donors (Lipinski definition) is 0. The molecule has 0 N–H and O–H groups in total. The zero-order valence-corrected chi connectivity index (χ0v) is 19.5. The van der Waals surface area contributed by atoms with Gasteiger partial charge in [-0.2, -0.15) is 0 Å². The predicted molar refractivity (Wildman–Crippen MR) is 131 cm³/mol. The number of halogens is 2. The maximum atomic E-state index is 14.8. The molecule has 0 radical (unpaired) electrons. The van der Waals surface area contributed by atoms with Gasteiger partial charge in [-0.1, -0.05) is 68.8 Å². The summed E-state index contributed by atoms with van der Waals surface area (Å²) in [5.74, 6) is 0.0980. The minimum absolute atomic E-state index is 0.122. The zero-order chi connectivity index (χ0) is 22.7. The second kappa shape index (κ2) is 9.98. The Morgan fingerprint density at radius 2 is 1.59 bits per heavy atom. The van der Waals surface area contributed by atoms with Gasteiger partial charge < -0.3 is 0 Å². The van der Waals surface area contributed by atoms with Crippen LogP contribution in [0.4, 0.5) is 8.78 Å². The van der Waals surface area contributed by atoms with E-state index in [1.165, 1.54) is 36.8 Å². The molecule has 168 valence electrons. The van der Waals surface area contributed by atoms with E-state index >= 15 is 0 Å². The third kappa shape index (κ3) is 4.65. The van der Waals surface area contributed by atoms with E-state index in [1.54, 1.807) is 6.07 Å². The van der Waals surface area contributed by atoms with Gasteiger partial charge in [0.05, 0.1) is 0 Å². The van der Waals surface area contributed by atoms with E-state index in [-0.39, 0.29) is 5.92 Å². The van der Waals surface area contributed by atoms with Gasteiger partial charge in [-0.05, 0) is 90.6 Å². The molecule has 0 aromatic heterocycles. The summed E-state index contributed by atoms with van der Waals surface area (Å²) in [5.41, 5.74) is 4.11. The van der Waals surface area contributed by atoms with E-state index in [9.17, 15) is 8.78 Å². The average Bonchev–Trinajstić information content (AvgIpc) is 2.83. The number of allylic oxidation sites excluding steroid dienone is 2. The van der Waals surface area contributed by atoms with Gasteiger partial charge in [0, 0.05) is 11.3 Å². The molecular weight excluding hydrogens is 398 g/mol. The van der Waals surface area contributed by atoms with E-state index < -0.39 is 11.6 Å². The van der Waals surface area contributed by atoms with Crippen LogP contribution in [-0.4, -0.2) is 0 Å². The zero-order valence-electron chi connectivity index (χ0n) is 19.5. The molecule has 32 heavy (non-hydrogen) atoms. The first kappa shape index (κ1) is 22.7. The molecule has 0 spiro atoms. The van der Waals surface area contributed by atoms with Gasteiger partial charge in [0.15, 0.2) is 11.6 Å². The molecule has 1 aliphatic carbocycles. The Kier molecular flexibility index (Phi) is 7.08. The molecular formula is C30H34F2. The Labute approximate surface area is 191 Å². The Morgan fingerprint density at radius 1 is 0.906 bits per heavy atom. The Hall–Kier alpha value is -2.48. The first-order valence-electron chi connectivity index (χ1n) is 12.1. The second-order valence-corrected chi connectivity index (χ2v) is 9.42. The summed E-state index contributed by atoms with van der Waals surface area (Å²) in [6.07, 6.45) is 10.9. The summed E-state index contributed by atoms with van der Waals surface area (Å²) in [6.45, 7) is 6.22. The minimum Gasteiger partial charge on any atom is -0.203 e. The molecule has 4 rings (SSSR count). The van der Waals surface area contributed by atoms with E-state index in [1.807, 2.05) is 19.1 Å². The monoisotopic (exact) mass is 432 g/mol. The molecule has 0 amide bonds. The Bertz CT molecular complexity index is 1090. The number of rotatable bonds is 6. The van der Waals surface area contributed by atoms with Crippen LogP contribution in [0.25, 0.3) is 10.8 Å². The fraction of sp³-hybridized carbons (Fsp3) is 0.400. The SMILES string of the molecule is C/C=C/C1CCC(c2ccc(C(C)c3ccc4cc(CCC)c(F)c(F)c4c3)cc2)CC1. The standard InChI is InChI=1S/C30H34F2/c1-4-6-21-8-10-23(11-9-21)24-14-12-22(13-15-24)20(3)25-16-17-26-18-27(7-5-2)29(31)30(32)28(26)19-25/h4,6,12-21,23H,5,7-11H2,1-3H3/b6-4+. The van der Waals surface area contributed by atoms with Crippen molar-refractivity contribution in [2.24, 2.45) is 5.92 Å². The van der Waals surface area contributed by atoms with Crippen molar-refractivity contribution in [2.45, 2.75) is 71.1 Å². The smallest absolute Gasteiger partial charge is 0.166 e. The maximum Gasteiger partial charge on any atom is 0.166 e. The number of benzene rings is 3. The van der Waals surface area contributed by atoms with Crippen LogP contribution in [0.1, 0.15) is 87.0 Å². The predicted octanol–water partition coefficient (Wildman–Crippen LogP) is 9.07. The minimum atomic E-state index is -0.719. The van der Waals surface area contributed by atoms with Crippen molar-refractivity contribution in [3.63, 3.8) is 0 Å². The molecule has 1 aliphatic rings. The number of fused-ring (bicyclic) bond motifs is 1. The van der Waals surface area contributed by atoms with Gasteiger partial charge >= 0.3 is 0 Å². The molecule has 0 aliphatic heterocycles. The Morgan fingerprint density at radius 3 is 2.25 bits per heavy atom. The highest BCUT2D eigenvalue weighted by Crippen LogP contribution is 2.37. The molecule has 2 heteroatoms. The molecule has 0 heterocycles. The van der Waals surface area contributed by atoms with Crippen molar-refractivity contribution in [1.29, 1.82) is 0 Å². The van der Waals surface area contributed by atoms with Gasteiger partial charge in [-0.3, -0.25) is 0 Å². The van der Waals surface area contributed by atoms with Gasteiger partial charge in [0.2, 0.25) is 0 Å². The lowest BCUT2D eigenvalue weighted by molar-refractivity contribution is 0.375. The highest BCUT2D eigenvalue weighted by atomic mass is 19.2. The van der Waals surface area contributed by atoms with Crippen molar-refractivity contribution < 1.29 is 8.78 Å². The molecule has 1 fully saturated rings. The van der Waals surface area contributed by atoms with Crippen molar-refractivity contribution in [3.05, 3.63) is 94.6 Å². The molecule has 0 nitrogen and oxygen atoms in total. The van der Waals surface area contributed by atoms with E-state index in [2.05, 4.69) is 56.3 Å². The lowest BCUT2D eigenvalue weighted by atomic mass is 9.78. The summed E-state index contributed by atoms with van der Waals surface area (Å²) in [7, 11) is 0. The maximum absolute atomic E-state index is 14.8. The summed E-state index contributed by atoms with van der Waals surface area (Å²) < 4.78 is 29.3. The normalized spacial score (nSPS) is 20.2. The van der Waals surface area contributed by atoms with Crippen LogP contribution in [0, 0.1) is 17.6 Å². The summed E-state index contributed by atoms with van der Waals surface area (Å²) >= 11 is 0. The van der Waals surface area contributed by atoms with Crippen LogP contribution in [0.5, 0.6) is 0 Å². The van der Waals surface area contributed by atoms with Gasteiger partial charge in [-0.25, -0.2) is 8.78 Å². The second-order valence-electron chi connectivity index (χ2n) is 9.42. The van der Waals surface area contributed by atoms with Crippen LogP contribution in [0.2, 0.25) is 0 Å². The fourth-order valence-electron chi connectivity index (χ4n) is 5.29. The van der Waals surface area contributed by atoms with Crippen LogP contribution in [-0.2, 0) is 6.42 Å². The lowest BCUT2D eigenvalue weighted by Crippen LogP contribution is -2.11. The average molecular weight is 433 g/mol. The van der Waals surface area contributed by atoms with Gasteiger partial charge in [0.1, 0.15) is 0 Å². The topological polar surface area (TPSA) is 0 Å². The first-order valence-corrected chi connectivity index (χ1v) is 12.1. The molecule has 1 saturated carbocycles. The number of hydrogen-bond acceptors (Lipinski definition) is 0. The molecule has 0 saturated heterocycles. The molecule has 1 unspecified atom stereocenters. The van der Waals surface area contributed by atoms with Crippen molar-refractivity contribution in [1.82, 2.24) is 0 Å². The number of aryl methyl sites for hydroxylation is 1. The van der Waals surface area contributed by atoms with E-state index in [0.717, 1.165) is 23.3 Å². The third-order valence-electron chi connectivity index (χ3n) is 7.28. The van der Waals surface area contributed by atoms with Crippen molar-refractivity contribution in [3.8, 4) is 0 Å². The summed E-state index contributed by atoms with van der Waals surface area (Å²) in [5, 5.41) is 1.15. The fourth-order valence-corrected chi connectivity index (χ4v) is 5.29. The molecule has 1 atom stereocenters. The molecule has 0 bridgehead atoms. The summed E-state index contributed by atoms with van der Waals surface area (Å²) in [4.78, 5) is 0. The van der Waals surface area contributed by atoms with Gasteiger partial charge in [-0.15, -0.1) is 0 Å². The summed E-state index contributed by atoms with van der Waals surface area (Å²) in [6, 6.07) is 16.6. The van der Waals surface area contributed by atoms with E-state index in [4.69, 9.17) is 0 Å². The van der Waals surface area contributed by atoms with Crippen LogP contribution in [0.15, 0.2) is 60.7 Å². The Balaban J connectivity index is 1.53. The third-order valence-corrected chi connectivity index (χ3v) is 7.28. The van der Waals surface area contributed by atoms with E-state index in [0.29, 0.717) is 23.3 Å². The highest BCUT2D eigenvalue weighted by Gasteiger charge is 2.21. The highest BCUT2D eigenvalue weighted by molar-refractivity contribution is 5.85. The van der Waals surface area contributed by atoms with Crippen LogP contribution in [0.3, 0.4) is 0 Å². The van der Waals surface area contributed by atoms with Crippen LogP contribution < -0.4 is 0 Å². The largest absolute Gasteiger partial charge is 0.203 e. The molecule has 3 aromatic rings. The quantitative estimate of drug-likeness (QED) is 0.341. The molecule has 3 aromatic carbocycles. The van der Waals surface area contributed by atoms with Crippen LogP contribution >= 0.6 is 0 Å². The van der Waals surface area contributed by atoms with Crippen molar-refractivity contribution >= 4 is 10.8 Å². The first-order chi connectivity index (χ1) is 15.5. The van der Waals surface area contributed by atoms with Crippen molar-refractivity contribution in [2.75, 3.05) is 0 Å².